The summed E-state index contributed by atoms with van der Waals surface area (Å²) in [6.45, 7) is -0.0994. The van der Waals surface area contributed by atoms with Crippen LogP contribution in [0.2, 0.25) is 5.02 Å². The van der Waals surface area contributed by atoms with Crippen molar-refractivity contribution in [2.75, 3.05) is 6.61 Å². The lowest BCUT2D eigenvalue weighted by Gasteiger charge is -2.21. The second kappa shape index (κ2) is 7.15. The lowest BCUT2D eigenvalue weighted by atomic mass is 9.98. The summed E-state index contributed by atoms with van der Waals surface area (Å²) in [4.78, 5) is 11.7. The molecule has 0 N–H and O–H groups in total. The van der Waals surface area contributed by atoms with E-state index in [1.54, 1.807) is 12.1 Å². The standard InChI is InChI=1S/C14H16BrClO3/c15-10-6-7-13(12(16)8-10)18-9-14(17)19-11-4-2-1-3-5-11/h6-8,11H,1-5,9H2. The van der Waals surface area contributed by atoms with Crippen LogP contribution in [-0.4, -0.2) is 18.7 Å². The number of carbonyl (C=O) groups is 1. The van der Waals surface area contributed by atoms with Crippen LogP contribution in [0.5, 0.6) is 5.75 Å². The summed E-state index contributed by atoms with van der Waals surface area (Å²) in [5, 5.41) is 0.472. The molecule has 0 spiro atoms. The van der Waals surface area contributed by atoms with Crippen LogP contribution in [-0.2, 0) is 9.53 Å². The summed E-state index contributed by atoms with van der Waals surface area (Å²) >= 11 is 9.31. The predicted octanol–water partition coefficient (Wildman–Crippen LogP) is 4.36. The number of hydrogen-bond donors (Lipinski definition) is 0. The van der Waals surface area contributed by atoms with E-state index >= 15 is 0 Å². The highest BCUT2D eigenvalue weighted by atomic mass is 79.9. The summed E-state index contributed by atoms with van der Waals surface area (Å²) in [5.74, 6) is 0.163. The lowest BCUT2D eigenvalue weighted by molar-refractivity contribution is -0.152. The fourth-order valence-electron chi connectivity index (χ4n) is 2.13. The molecular weight excluding hydrogens is 332 g/mol. The Kier molecular flexibility index (Phi) is 5.52. The summed E-state index contributed by atoms with van der Waals surface area (Å²) in [6, 6.07) is 5.26. The SMILES string of the molecule is O=C(COc1ccc(Br)cc1Cl)OC1CCCCC1. The van der Waals surface area contributed by atoms with Crippen LogP contribution in [0.3, 0.4) is 0 Å². The largest absolute Gasteiger partial charge is 0.480 e. The topological polar surface area (TPSA) is 35.5 Å². The highest BCUT2D eigenvalue weighted by Gasteiger charge is 2.18. The van der Waals surface area contributed by atoms with E-state index in [1.165, 1.54) is 6.42 Å². The van der Waals surface area contributed by atoms with Crippen molar-refractivity contribution in [1.82, 2.24) is 0 Å². The van der Waals surface area contributed by atoms with Crippen molar-refractivity contribution in [1.29, 1.82) is 0 Å². The molecule has 0 aromatic heterocycles. The summed E-state index contributed by atoms with van der Waals surface area (Å²) in [7, 11) is 0. The van der Waals surface area contributed by atoms with Crippen LogP contribution in [0, 0.1) is 0 Å². The molecule has 0 bridgehead atoms. The average Bonchev–Trinajstić information content (AvgIpc) is 2.39. The van der Waals surface area contributed by atoms with Crippen molar-refractivity contribution in [3.05, 3.63) is 27.7 Å². The smallest absolute Gasteiger partial charge is 0.344 e. The molecule has 2 rings (SSSR count). The zero-order valence-corrected chi connectivity index (χ0v) is 12.9. The van der Waals surface area contributed by atoms with E-state index in [1.807, 2.05) is 6.07 Å². The molecule has 0 aliphatic heterocycles. The first-order valence-electron chi connectivity index (χ1n) is 6.42. The first-order chi connectivity index (χ1) is 9.15. The summed E-state index contributed by atoms with van der Waals surface area (Å²) < 4.78 is 11.6. The van der Waals surface area contributed by atoms with E-state index in [-0.39, 0.29) is 18.7 Å². The molecule has 0 radical (unpaired) electrons. The second-order valence-electron chi connectivity index (χ2n) is 4.61. The number of carbonyl (C=O) groups excluding carboxylic acids is 1. The van der Waals surface area contributed by atoms with Gasteiger partial charge in [0.1, 0.15) is 11.9 Å². The Bertz CT molecular complexity index is 444. The minimum absolute atomic E-state index is 0.0604. The van der Waals surface area contributed by atoms with Gasteiger partial charge in [-0.15, -0.1) is 0 Å². The van der Waals surface area contributed by atoms with E-state index in [0.29, 0.717) is 10.8 Å². The molecule has 0 saturated heterocycles. The average molecular weight is 348 g/mol. The van der Waals surface area contributed by atoms with Gasteiger partial charge in [0.2, 0.25) is 0 Å². The molecule has 19 heavy (non-hydrogen) atoms. The number of esters is 1. The third-order valence-electron chi connectivity index (χ3n) is 3.09. The van der Waals surface area contributed by atoms with Crippen LogP contribution in [0.25, 0.3) is 0 Å². The molecule has 0 heterocycles. The van der Waals surface area contributed by atoms with Gasteiger partial charge < -0.3 is 9.47 Å². The van der Waals surface area contributed by atoms with Gasteiger partial charge in [0.25, 0.3) is 0 Å². The van der Waals surface area contributed by atoms with Gasteiger partial charge in [-0.1, -0.05) is 34.0 Å². The van der Waals surface area contributed by atoms with Gasteiger partial charge in [0.15, 0.2) is 6.61 Å². The molecule has 1 aliphatic rings. The highest BCUT2D eigenvalue weighted by molar-refractivity contribution is 9.10. The van der Waals surface area contributed by atoms with Gasteiger partial charge in [0, 0.05) is 4.47 Å². The fraction of sp³-hybridized carbons (Fsp3) is 0.500. The Morgan fingerprint density at radius 1 is 1.32 bits per heavy atom. The quantitative estimate of drug-likeness (QED) is 0.759. The Balaban J connectivity index is 1.79. The van der Waals surface area contributed by atoms with E-state index in [9.17, 15) is 4.79 Å². The molecule has 1 fully saturated rings. The third kappa shape index (κ3) is 4.69. The first-order valence-corrected chi connectivity index (χ1v) is 7.59. The third-order valence-corrected chi connectivity index (χ3v) is 3.88. The number of benzene rings is 1. The summed E-state index contributed by atoms with van der Waals surface area (Å²) in [6.07, 6.45) is 5.49. The Morgan fingerprint density at radius 2 is 2.05 bits per heavy atom. The lowest BCUT2D eigenvalue weighted by Crippen LogP contribution is -2.24. The number of halogens is 2. The Morgan fingerprint density at radius 3 is 2.74 bits per heavy atom. The number of hydrogen-bond acceptors (Lipinski definition) is 3. The van der Waals surface area contributed by atoms with Gasteiger partial charge in [-0.2, -0.15) is 0 Å². The monoisotopic (exact) mass is 346 g/mol. The number of ether oxygens (including phenoxy) is 2. The molecule has 3 nitrogen and oxygen atoms in total. The van der Waals surface area contributed by atoms with Crippen molar-refractivity contribution in [2.24, 2.45) is 0 Å². The van der Waals surface area contributed by atoms with Gasteiger partial charge in [-0.25, -0.2) is 4.79 Å². The fourth-order valence-corrected chi connectivity index (χ4v) is 2.86. The second-order valence-corrected chi connectivity index (χ2v) is 5.94. The maximum absolute atomic E-state index is 11.7. The molecule has 0 unspecified atom stereocenters. The molecule has 0 amide bonds. The zero-order chi connectivity index (χ0) is 13.7. The van der Waals surface area contributed by atoms with Gasteiger partial charge >= 0.3 is 5.97 Å². The van der Waals surface area contributed by atoms with E-state index in [2.05, 4.69) is 15.9 Å². The van der Waals surface area contributed by atoms with Gasteiger partial charge in [0.05, 0.1) is 5.02 Å². The highest BCUT2D eigenvalue weighted by Crippen LogP contribution is 2.27. The minimum atomic E-state index is -0.328. The first kappa shape index (κ1) is 14.7. The Hall–Kier alpha value is -0.740. The van der Waals surface area contributed by atoms with Crippen LogP contribution in [0.1, 0.15) is 32.1 Å². The molecule has 104 valence electrons. The summed E-state index contributed by atoms with van der Waals surface area (Å²) in [5.41, 5.74) is 0. The molecule has 0 atom stereocenters. The van der Waals surface area contributed by atoms with Crippen molar-refractivity contribution in [3.63, 3.8) is 0 Å². The predicted molar refractivity (Wildman–Crippen MR) is 77.6 cm³/mol. The molecule has 1 aromatic carbocycles. The van der Waals surface area contributed by atoms with Crippen molar-refractivity contribution >= 4 is 33.5 Å². The minimum Gasteiger partial charge on any atom is -0.480 e. The van der Waals surface area contributed by atoms with Crippen molar-refractivity contribution in [3.8, 4) is 5.75 Å². The van der Waals surface area contributed by atoms with Crippen molar-refractivity contribution < 1.29 is 14.3 Å². The van der Waals surface area contributed by atoms with Crippen LogP contribution in [0.4, 0.5) is 0 Å². The zero-order valence-electron chi connectivity index (χ0n) is 10.5. The van der Waals surface area contributed by atoms with Crippen molar-refractivity contribution in [2.45, 2.75) is 38.2 Å². The van der Waals surface area contributed by atoms with Crippen LogP contribution >= 0.6 is 27.5 Å². The molecule has 1 aromatic rings. The molecule has 5 heteroatoms. The van der Waals surface area contributed by atoms with E-state index < -0.39 is 0 Å². The Labute approximate surface area is 126 Å². The molecule has 1 aliphatic carbocycles. The number of rotatable bonds is 4. The molecular formula is C14H16BrClO3. The van der Waals surface area contributed by atoms with Crippen LogP contribution in [0.15, 0.2) is 22.7 Å². The van der Waals surface area contributed by atoms with Crippen LogP contribution < -0.4 is 4.74 Å². The molecule has 1 saturated carbocycles. The van der Waals surface area contributed by atoms with Gasteiger partial charge in [-0.3, -0.25) is 0 Å². The van der Waals surface area contributed by atoms with Gasteiger partial charge in [-0.05, 0) is 43.9 Å². The maximum atomic E-state index is 11.7. The van der Waals surface area contributed by atoms with E-state index in [0.717, 1.165) is 30.2 Å². The maximum Gasteiger partial charge on any atom is 0.344 e. The van der Waals surface area contributed by atoms with E-state index in [4.69, 9.17) is 21.1 Å². The normalized spacial score (nSPS) is 16.1.